The molecule has 1 heterocycles. The molecule has 0 unspecified atom stereocenters. The van der Waals surface area contributed by atoms with Crippen molar-refractivity contribution in [2.45, 2.75) is 16.6 Å². The first-order valence-electron chi connectivity index (χ1n) is 6.16. The van der Waals surface area contributed by atoms with Crippen LogP contribution >= 0.6 is 15.9 Å². The average molecular weight is 355 g/mol. The number of alkyl halides is 1. The fraction of sp³-hybridized carbons (Fsp3) is 0.214. The van der Waals surface area contributed by atoms with Crippen LogP contribution in [0, 0.1) is 0 Å². The highest BCUT2D eigenvalue weighted by Gasteiger charge is 2.12. The minimum absolute atomic E-state index is 0.281. The normalized spacial score (nSPS) is 11.4. The second-order valence-electron chi connectivity index (χ2n) is 4.25. The molecule has 0 aliphatic rings. The van der Waals surface area contributed by atoms with Crippen molar-refractivity contribution in [2.75, 3.05) is 6.54 Å². The summed E-state index contributed by atoms with van der Waals surface area (Å²) in [5.41, 5.74) is 1.90. The van der Waals surface area contributed by atoms with Crippen molar-refractivity contribution >= 4 is 26.0 Å². The van der Waals surface area contributed by atoms with E-state index < -0.39 is 10.0 Å². The summed E-state index contributed by atoms with van der Waals surface area (Å²) in [6.07, 6.45) is 2.27. The number of pyridine rings is 1. The molecule has 106 valence electrons. The first-order valence-corrected chi connectivity index (χ1v) is 8.77. The fourth-order valence-corrected chi connectivity index (χ4v) is 3.11. The van der Waals surface area contributed by atoms with Crippen molar-refractivity contribution in [1.82, 2.24) is 9.71 Å². The van der Waals surface area contributed by atoms with E-state index in [0.717, 1.165) is 11.3 Å². The molecule has 0 amide bonds. The Morgan fingerprint density at radius 3 is 2.45 bits per heavy atom. The van der Waals surface area contributed by atoms with E-state index in [9.17, 15) is 8.42 Å². The molecule has 0 saturated carbocycles. The molecule has 2 aromatic rings. The van der Waals surface area contributed by atoms with Gasteiger partial charge in [0.05, 0.1) is 4.90 Å². The maximum absolute atomic E-state index is 12.1. The lowest BCUT2D eigenvalue weighted by Gasteiger charge is -2.07. The summed E-state index contributed by atoms with van der Waals surface area (Å²) in [4.78, 5) is 4.43. The van der Waals surface area contributed by atoms with Gasteiger partial charge in [-0.15, -0.1) is 0 Å². The zero-order chi connectivity index (χ0) is 14.4. The molecule has 1 aromatic carbocycles. The minimum atomic E-state index is -3.45. The molecular weight excluding hydrogens is 340 g/mol. The second-order valence-corrected chi connectivity index (χ2v) is 6.57. The van der Waals surface area contributed by atoms with Crippen molar-refractivity contribution in [3.63, 3.8) is 0 Å². The predicted octanol–water partition coefficient (Wildman–Crippen LogP) is 2.50. The summed E-state index contributed by atoms with van der Waals surface area (Å²) >= 11 is 3.33. The molecule has 0 atom stereocenters. The van der Waals surface area contributed by atoms with Gasteiger partial charge in [-0.1, -0.05) is 34.1 Å². The van der Waals surface area contributed by atoms with Gasteiger partial charge in [0.15, 0.2) is 0 Å². The van der Waals surface area contributed by atoms with E-state index in [1.54, 1.807) is 30.5 Å². The molecule has 0 bridgehead atoms. The van der Waals surface area contributed by atoms with Gasteiger partial charge < -0.3 is 0 Å². The zero-order valence-electron chi connectivity index (χ0n) is 10.8. The maximum atomic E-state index is 12.1. The van der Waals surface area contributed by atoms with Crippen LogP contribution in [-0.4, -0.2) is 19.9 Å². The van der Waals surface area contributed by atoms with Crippen molar-refractivity contribution in [1.29, 1.82) is 0 Å². The van der Waals surface area contributed by atoms with E-state index in [4.69, 9.17) is 0 Å². The number of hydrogen-bond acceptors (Lipinski definition) is 3. The van der Waals surface area contributed by atoms with Gasteiger partial charge in [0.2, 0.25) is 10.0 Å². The number of halogens is 1. The zero-order valence-corrected chi connectivity index (χ0v) is 13.2. The summed E-state index contributed by atoms with van der Waals surface area (Å²) < 4.78 is 26.7. The van der Waals surface area contributed by atoms with E-state index in [-0.39, 0.29) is 4.90 Å². The number of sulfonamides is 1. The molecule has 4 nitrogen and oxygen atoms in total. The van der Waals surface area contributed by atoms with E-state index in [1.807, 2.05) is 18.2 Å². The van der Waals surface area contributed by atoms with Crippen LogP contribution < -0.4 is 4.72 Å². The molecule has 0 spiro atoms. The van der Waals surface area contributed by atoms with Gasteiger partial charge in [0, 0.05) is 30.2 Å². The number of benzene rings is 1. The SMILES string of the molecule is O=S(=O)(NCCc1ccccn1)c1ccc(CBr)cc1. The molecule has 0 saturated heterocycles. The van der Waals surface area contributed by atoms with Gasteiger partial charge in [0.25, 0.3) is 0 Å². The summed E-state index contributed by atoms with van der Waals surface area (Å²) in [6, 6.07) is 12.4. The molecule has 6 heteroatoms. The van der Waals surface area contributed by atoms with Gasteiger partial charge in [-0.25, -0.2) is 13.1 Å². The predicted molar refractivity (Wildman–Crippen MR) is 82.2 cm³/mol. The van der Waals surface area contributed by atoms with Crippen molar-refractivity contribution in [3.8, 4) is 0 Å². The molecular formula is C14H15BrN2O2S. The number of aromatic nitrogens is 1. The maximum Gasteiger partial charge on any atom is 0.240 e. The molecule has 0 aliphatic heterocycles. The van der Waals surface area contributed by atoms with Crippen LogP contribution in [0.2, 0.25) is 0 Å². The quantitative estimate of drug-likeness (QED) is 0.810. The second kappa shape index (κ2) is 6.97. The first-order chi connectivity index (χ1) is 9.62. The Bertz CT molecular complexity index is 643. The Morgan fingerprint density at radius 1 is 1.10 bits per heavy atom. The van der Waals surface area contributed by atoms with Crippen LogP contribution in [0.3, 0.4) is 0 Å². The highest BCUT2D eigenvalue weighted by molar-refractivity contribution is 9.08. The van der Waals surface area contributed by atoms with E-state index in [0.29, 0.717) is 18.3 Å². The van der Waals surface area contributed by atoms with Gasteiger partial charge in [-0.2, -0.15) is 0 Å². The number of rotatable bonds is 6. The average Bonchev–Trinajstić information content (AvgIpc) is 2.48. The van der Waals surface area contributed by atoms with Gasteiger partial charge in [0.1, 0.15) is 0 Å². The smallest absolute Gasteiger partial charge is 0.240 e. The Balaban J connectivity index is 1.96. The molecule has 0 fully saturated rings. The summed E-state index contributed by atoms with van der Waals surface area (Å²) in [5.74, 6) is 0. The van der Waals surface area contributed by atoms with Gasteiger partial charge in [-0.3, -0.25) is 4.98 Å². The highest BCUT2D eigenvalue weighted by Crippen LogP contribution is 2.12. The standard InChI is InChI=1S/C14H15BrN2O2S/c15-11-12-4-6-14(7-5-12)20(18,19)17-10-8-13-3-1-2-9-16-13/h1-7,9,17H,8,10-11H2. The Morgan fingerprint density at radius 2 is 1.85 bits per heavy atom. The summed E-state index contributed by atoms with van der Waals surface area (Å²) in [7, 11) is -3.45. The lowest BCUT2D eigenvalue weighted by Crippen LogP contribution is -2.26. The largest absolute Gasteiger partial charge is 0.261 e. The molecule has 0 radical (unpaired) electrons. The third-order valence-electron chi connectivity index (χ3n) is 2.79. The summed E-state index contributed by atoms with van der Waals surface area (Å²) in [5, 5.41) is 0.709. The third-order valence-corrected chi connectivity index (χ3v) is 4.91. The molecule has 20 heavy (non-hydrogen) atoms. The van der Waals surface area contributed by atoms with Crippen LogP contribution in [0.15, 0.2) is 53.6 Å². The topological polar surface area (TPSA) is 59.1 Å². The number of nitrogens with zero attached hydrogens (tertiary/aromatic N) is 1. The fourth-order valence-electron chi connectivity index (χ4n) is 1.70. The molecule has 2 rings (SSSR count). The minimum Gasteiger partial charge on any atom is -0.261 e. The van der Waals surface area contributed by atoms with Gasteiger partial charge >= 0.3 is 0 Å². The Hall–Kier alpha value is -1.24. The first kappa shape index (κ1) is 15.2. The van der Waals surface area contributed by atoms with Crippen LogP contribution in [0.1, 0.15) is 11.3 Å². The van der Waals surface area contributed by atoms with Crippen LogP contribution in [0.5, 0.6) is 0 Å². The van der Waals surface area contributed by atoms with Crippen molar-refractivity contribution in [3.05, 3.63) is 59.9 Å². The van der Waals surface area contributed by atoms with Crippen LogP contribution in [0.4, 0.5) is 0 Å². The van der Waals surface area contributed by atoms with Crippen LogP contribution in [-0.2, 0) is 21.8 Å². The monoisotopic (exact) mass is 354 g/mol. The van der Waals surface area contributed by atoms with Crippen molar-refractivity contribution in [2.24, 2.45) is 0 Å². The van der Waals surface area contributed by atoms with Crippen molar-refractivity contribution < 1.29 is 8.42 Å². The highest BCUT2D eigenvalue weighted by atomic mass is 79.9. The number of hydrogen-bond donors (Lipinski definition) is 1. The Labute approximate surface area is 127 Å². The number of nitrogens with one attached hydrogen (secondary N) is 1. The lowest BCUT2D eigenvalue weighted by molar-refractivity contribution is 0.581. The van der Waals surface area contributed by atoms with Crippen LogP contribution in [0.25, 0.3) is 0 Å². The lowest BCUT2D eigenvalue weighted by atomic mass is 10.2. The van der Waals surface area contributed by atoms with E-state index in [1.165, 1.54) is 0 Å². The van der Waals surface area contributed by atoms with E-state index in [2.05, 4.69) is 25.6 Å². The van der Waals surface area contributed by atoms with E-state index >= 15 is 0 Å². The summed E-state index contributed by atoms with van der Waals surface area (Å²) in [6.45, 7) is 0.333. The Kier molecular flexibility index (Phi) is 5.28. The molecule has 1 aromatic heterocycles. The third kappa shape index (κ3) is 4.13. The molecule has 0 aliphatic carbocycles. The molecule has 1 N–H and O–H groups in total. The van der Waals surface area contributed by atoms with Gasteiger partial charge in [-0.05, 0) is 29.8 Å².